The first-order chi connectivity index (χ1) is 12.7. The number of hydrogen-bond acceptors (Lipinski definition) is 3. The molecule has 26 heavy (non-hydrogen) atoms. The highest BCUT2D eigenvalue weighted by Crippen LogP contribution is 2.32. The van der Waals surface area contributed by atoms with Gasteiger partial charge in [-0.15, -0.1) is 0 Å². The lowest BCUT2D eigenvalue weighted by Crippen LogP contribution is -2.57. The smallest absolute Gasteiger partial charge is 0.119 e. The Kier molecular flexibility index (Phi) is 4.97. The number of aliphatic hydroxyl groups excluding tert-OH is 1. The van der Waals surface area contributed by atoms with E-state index in [1.807, 2.05) is 19.1 Å². The number of piperidine rings is 3. The van der Waals surface area contributed by atoms with E-state index < -0.39 is 0 Å². The van der Waals surface area contributed by atoms with Crippen LogP contribution in [0.1, 0.15) is 25.3 Å². The summed E-state index contributed by atoms with van der Waals surface area (Å²) in [7, 11) is 0. The van der Waals surface area contributed by atoms with E-state index >= 15 is 0 Å². The molecule has 3 fully saturated rings. The maximum Gasteiger partial charge on any atom is 0.119 e. The standard InChI is InChI=1S/C23H25NO2/c1-2-26-21-10-8-19(9-11-21)18-6-3-17(4-7-18)5-12-22-23(25)20-13-15-24(22)16-14-20/h3-4,6-11,20,22-23,25H,2,13-16H2,1H3. The number of fused-ring (bicyclic) bond motifs is 3. The van der Waals surface area contributed by atoms with Crippen molar-refractivity contribution in [2.45, 2.75) is 31.9 Å². The van der Waals surface area contributed by atoms with Gasteiger partial charge in [-0.25, -0.2) is 0 Å². The summed E-state index contributed by atoms with van der Waals surface area (Å²) in [5.74, 6) is 7.90. The zero-order valence-electron chi connectivity index (χ0n) is 15.2. The van der Waals surface area contributed by atoms with Crippen LogP contribution in [0.5, 0.6) is 5.75 Å². The molecule has 0 aliphatic carbocycles. The Balaban J connectivity index is 1.47. The number of hydrogen-bond donors (Lipinski definition) is 1. The van der Waals surface area contributed by atoms with Crippen molar-refractivity contribution in [1.82, 2.24) is 4.90 Å². The van der Waals surface area contributed by atoms with Crippen molar-refractivity contribution < 1.29 is 9.84 Å². The summed E-state index contributed by atoms with van der Waals surface area (Å²) in [5.41, 5.74) is 3.33. The van der Waals surface area contributed by atoms with Gasteiger partial charge in [0, 0.05) is 5.56 Å². The van der Waals surface area contributed by atoms with E-state index in [1.54, 1.807) is 0 Å². The molecule has 3 nitrogen and oxygen atoms in total. The van der Waals surface area contributed by atoms with Crippen LogP contribution in [0, 0.1) is 17.8 Å². The normalized spacial score (nSPS) is 26.8. The summed E-state index contributed by atoms with van der Waals surface area (Å²) < 4.78 is 5.49. The van der Waals surface area contributed by atoms with E-state index in [2.05, 4.69) is 53.1 Å². The Hall–Kier alpha value is -2.28. The molecule has 0 radical (unpaired) electrons. The van der Waals surface area contributed by atoms with Crippen LogP contribution in [0.25, 0.3) is 11.1 Å². The van der Waals surface area contributed by atoms with Gasteiger partial charge in [-0.3, -0.25) is 4.90 Å². The molecule has 134 valence electrons. The first-order valence-corrected chi connectivity index (χ1v) is 9.51. The third-order valence-corrected chi connectivity index (χ3v) is 5.52. The summed E-state index contributed by atoms with van der Waals surface area (Å²) in [6.45, 7) is 4.80. The van der Waals surface area contributed by atoms with Crippen molar-refractivity contribution in [2.24, 2.45) is 5.92 Å². The largest absolute Gasteiger partial charge is 0.494 e. The predicted octanol–water partition coefficient (Wildman–Crippen LogP) is 3.56. The van der Waals surface area contributed by atoms with Crippen LogP contribution in [0.15, 0.2) is 48.5 Å². The summed E-state index contributed by atoms with van der Waals surface area (Å²) in [6.07, 6.45) is 1.92. The second kappa shape index (κ2) is 7.53. The average molecular weight is 347 g/mol. The number of benzene rings is 2. The molecule has 0 amide bonds. The first kappa shape index (κ1) is 17.1. The molecule has 2 aromatic rings. The Labute approximate surface area is 155 Å². The average Bonchev–Trinajstić information content (AvgIpc) is 2.70. The fourth-order valence-electron chi connectivity index (χ4n) is 4.00. The van der Waals surface area contributed by atoms with E-state index in [1.165, 1.54) is 11.1 Å². The van der Waals surface area contributed by atoms with Gasteiger partial charge in [0.2, 0.25) is 0 Å². The van der Waals surface area contributed by atoms with Crippen LogP contribution < -0.4 is 4.74 Å². The van der Waals surface area contributed by atoms with Gasteiger partial charge in [0.25, 0.3) is 0 Å². The quantitative estimate of drug-likeness (QED) is 0.862. The zero-order chi connectivity index (χ0) is 17.9. The summed E-state index contributed by atoms with van der Waals surface area (Å²) in [5, 5.41) is 10.4. The highest BCUT2D eigenvalue weighted by atomic mass is 16.5. The van der Waals surface area contributed by atoms with Crippen LogP contribution in [-0.2, 0) is 0 Å². The molecular formula is C23H25NO2. The minimum Gasteiger partial charge on any atom is -0.494 e. The summed E-state index contributed by atoms with van der Waals surface area (Å²) in [4.78, 5) is 2.33. The maximum atomic E-state index is 10.4. The molecule has 2 atom stereocenters. The predicted molar refractivity (Wildman–Crippen MR) is 104 cm³/mol. The van der Waals surface area contributed by atoms with Gasteiger partial charge in [-0.05, 0) is 74.2 Å². The van der Waals surface area contributed by atoms with Gasteiger partial charge in [0.1, 0.15) is 5.75 Å². The van der Waals surface area contributed by atoms with Crippen molar-refractivity contribution in [3.8, 4) is 28.7 Å². The molecule has 1 N–H and O–H groups in total. The second-order valence-electron chi connectivity index (χ2n) is 7.11. The van der Waals surface area contributed by atoms with Crippen LogP contribution in [0.3, 0.4) is 0 Å². The third kappa shape index (κ3) is 3.49. The molecule has 0 saturated carbocycles. The zero-order valence-corrected chi connectivity index (χ0v) is 15.2. The first-order valence-electron chi connectivity index (χ1n) is 9.51. The number of aliphatic hydroxyl groups is 1. The highest BCUT2D eigenvalue weighted by Gasteiger charge is 2.40. The molecule has 3 aliphatic heterocycles. The van der Waals surface area contributed by atoms with Crippen LogP contribution in [0.4, 0.5) is 0 Å². The third-order valence-electron chi connectivity index (χ3n) is 5.52. The van der Waals surface area contributed by atoms with Gasteiger partial charge in [0.05, 0.1) is 18.8 Å². The van der Waals surface area contributed by atoms with Crippen LogP contribution in [-0.4, -0.2) is 41.8 Å². The topological polar surface area (TPSA) is 32.7 Å². The fraction of sp³-hybridized carbons (Fsp3) is 0.391. The molecule has 3 saturated heterocycles. The van der Waals surface area contributed by atoms with Gasteiger partial charge in [0.15, 0.2) is 0 Å². The fourth-order valence-corrected chi connectivity index (χ4v) is 4.00. The molecule has 0 spiro atoms. The SMILES string of the molecule is CCOc1ccc(-c2ccc(C#CC3C(O)C4CCN3CC4)cc2)cc1. The van der Waals surface area contributed by atoms with Crippen molar-refractivity contribution in [2.75, 3.05) is 19.7 Å². The molecule has 2 unspecified atom stereocenters. The number of ether oxygens (including phenoxy) is 1. The Bertz CT molecular complexity index is 791. The van der Waals surface area contributed by atoms with Gasteiger partial charge < -0.3 is 9.84 Å². The molecule has 0 aromatic heterocycles. The van der Waals surface area contributed by atoms with Gasteiger partial charge >= 0.3 is 0 Å². The molecule has 5 rings (SSSR count). The van der Waals surface area contributed by atoms with E-state index in [9.17, 15) is 5.11 Å². The van der Waals surface area contributed by atoms with Crippen LogP contribution >= 0.6 is 0 Å². The molecule has 2 aromatic carbocycles. The van der Waals surface area contributed by atoms with Crippen molar-refractivity contribution in [3.05, 3.63) is 54.1 Å². The van der Waals surface area contributed by atoms with Crippen LogP contribution in [0.2, 0.25) is 0 Å². The molecular weight excluding hydrogens is 322 g/mol. The van der Waals surface area contributed by atoms with E-state index in [-0.39, 0.29) is 12.1 Å². The van der Waals surface area contributed by atoms with Gasteiger partial charge in [-0.1, -0.05) is 36.1 Å². The molecule has 3 heteroatoms. The monoisotopic (exact) mass is 347 g/mol. The second-order valence-corrected chi connectivity index (χ2v) is 7.11. The molecule has 3 heterocycles. The van der Waals surface area contributed by atoms with E-state index in [0.29, 0.717) is 12.5 Å². The van der Waals surface area contributed by atoms with E-state index in [0.717, 1.165) is 37.2 Å². The highest BCUT2D eigenvalue weighted by molar-refractivity contribution is 5.65. The number of nitrogens with zero attached hydrogens (tertiary/aromatic N) is 1. The minimum atomic E-state index is -0.298. The lowest BCUT2D eigenvalue weighted by atomic mass is 9.81. The molecule has 3 aliphatic rings. The Morgan fingerprint density at radius 1 is 1.00 bits per heavy atom. The lowest BCUT2D eigenvalue weighted by molar-refractivity contribution is -0.0500. The maximum absolute atomic E-state index is 10.4. The van der Waals surface area contributed by atoms with Crippen molar-refractivity contribution >= 4 is 0 Å². The molecule has 2 bridgehead atoms. The Morgan fingerprint density at radius 2 is 1.62 bits per heavy atom. The lowest BCUT2D eigenvalue weighted by Gasteiger charge is -2.46. The number of rotatable bonds is 3. The summed E-state index contributed by atoms with van der Waals surface area (Å²) >= 11 is 0. The van der Waals surface area contributed by atoms with Gasteiger partial charge in [-0.2, -0.15) is 0 Å². The van der Waals surface area contributed by atoms with Crippen molar-refractivity contribution in [3.63, 3.8) is 0 Å². The van der Waals surface area contributed by atoms with E-state index in [4.69, 9.17) is 4.74 Å². The summed E-state index contributed by atoms with van der Waals surface area (Å²) in [6, 6.07) is 16.5. The van der Waals surface area contributed by atoms with Crippen molar-refractivity contribution in [1.29, 1.82) is 0 Å². The minimum absolute atomic E-state index is 0.00622. The Morgan fingerprint density at radius 3 is 2.19 bits per heavy atom.